The number of hydrogen-bond donors (Lipinski definition) is 3. The molecule has 0 aliphatic carbocycles. The van der Waals surface area contributed by atoms with Crippen molar-refractivity contribution in [3.8, 4) is 5.75 Å². The average Bonchev–Trinajstić information content (AvgIpc) is 2.91. The predicted molar refractivity (Wildman–Crippen MR) is 144 cm³/mol. The predicted octanol–water partition coefficient (Wildman–Crippen LogP) is 5.58. The van der Waals surface area contributed by atoms with Gasteiger partial charge in [0.2, 0.25) is 11.9 Å². The third kappa shape index (κ3) is 9.07. The van der Waals surface area contributed by atoms with E-state index in [1.54, 1.807) is 6.92 Å². The van der Waals surface area contributed by atoms with Gasteiger partial charge in [-0.3, -0.25) is 9.59 Å². The van der Waals surface area contributed by atoms with E-state index < -0.39 is 90.5 Å². The number of hydrazine groups is 1. The van der Waals surface area contributed by atoms with Gasteiger partial charge in [-0.15, -0.1) is 18.3 Å². The van der Waals surface area contributed by atoms with E-state index in [0.717, 1.165) is 23.1 Å². The molecule has 0 unspecified atom stereocenters. The molecule has 1 heterocycles. The van der Waals surface area contributed by atoms with E-state index in [-0.39, 0.29) is 30.2 Å². The second-order valence-electron chi connectivity index (χ2n) is 10.3. The highest BCUT2D eigenvalue weighted by Crippen LogP contribution is 2.45. The van der Waals surface area contributed by atoms with Gasteiger partial charge in [-0.2, -0.15) is 26.3 Å². The summed E-state index contributed by atoms with van der Waals surface area (Å²) in [6, 6.07) is 1.79. The molecule has 254 valence electrons. The Bertz CT molecular complexity index is 1430. The Labute approximate surface area is 255 Å². The van der Waals surface area contributed by atoms with Crippen LogP contribution in [0.1, 0.15) is 60.9 Å². The van der Waals surface area contributed by atoms with Crippen LogP contribution in [0.2, 0.25) is 0 Å². The normalized spacial score (nSPS) is 17.4. The second-order valence-corrected chi connectivity index (χ2v) is 10.3. The van der Waals surface area contributed by atoms with Crippen molar-refractivity contribution in [2.24, 2.45) is 16.7 Å². The lowest BCUT2D eigenvalue weighted by Gasteiger charge is -2.45. The molecule has 2 atom stereocenters. The highest BCUT2D eigenvalue weighted by molar-refractivity contribution is 5.97. The Hall–Kier alpha value is -4.42. The van der Waals surface area contributed by atoms with Crippen LogP contribution in [0.4, 0.5) is 45.2 Å². The fourth-order valence-corrected chi connectivity index (χ4v) is 5.10. The van der Waals surface area contributed by atoms with E-state index in [0.29, 0.717) is 17.3 Å². The molecule has 0 saturated carbocycles. The van der Waals surface area contributed by atoms with Gasteiger partial charge in [0.15, 0.2) is 0 Å². The topological polar surface area (TPSA) is 138 Å². The number of nitrogens with two attached hydrogens (primary N) is 2. The lowest BCUT2D eigenvalue weighted by atomic mass is 9.87. The number of ether oxygens (including phenoxy) is 1. The minimum absolute atomic E-state index is 0.00746. The highest BCUT2D eigenvalue weighted by Gasteiger charge is 2.41. The van der Waals surface area contributed by atoms with Crippen molar-refractivity contribution in [2.75, 3.05) is 11.9 Å². The molecule has 0 radical (unpaired) electrons. The minimum Gasteiger partial charge on any atom is -0.481 e. The third-order valence-corrected chi connectivity index (χ3v) is 6.94. The third-order valence-electron chi connectivity index (χ3n) is 6.94. The van der Waals surface area contributed by atoms with Gasteiger partial charge in [0.05, 0.1) is 23.6 Å². The number of nitrogens with zero attached hydrogens (tertiary/aromatic N) is 4. The van der Waals surface area contributed by atoms with E-state index in [1.165, 1.54) is 11.9 Å². The monoisotopic (exact) mass is 672 g/mol. The van der Waals surface area contributed by atoms with Crippen LogP contribution in [0.5, 0.6) is 5.75 Å². The van der Waals surface area contributed by atoms with E-state index in [1.807, 2.05) is 0 Å². The fraction of sp³-hybridized carbons (Fsp3) is 0.444. The zero-order valence-electron chi connectivity index (χ0n) is 24.2. The van der Waals surface area contributed by atoms with Crippen LogP contribution in [0, 0.1) is 0 Å². The van der Waals surface area contributed by atoms with Crippen LogP contribution in [0.25, 0.3) is 0 Å². The number of halogens is 9. The lowest BCUT2D eigenvalue weighted by molar-refractivity contribution is -0.274. The zero-order valence-corrected chi connectivity index (χ0v) is 24.2. The van der Waals surface area contributed by atoms with Crippen LogP contribution >= 0.6 is 0 Å². The molecule has 1 aliphatic rings. The Morgan fingerprint density at radius 2 is 1.59 bits per heavy atom. The molecule has 0 saturated heterocycles. The molecule has 46 heavy (non-hydrogen) atoms. The summed E-state index contributed by atoms with van der Waals surface area (Å²) >= 11 is 0. The molecule has 2 aromatic carbocycles. The summed E-state index contributed by atoms with van der Waals surface area (Å²) in [6.07, 6.45) is -16.5. The standard InChI is InChI=1S/C27H29F9N6O4/c1-3-17-11-21(19-12-18(46-27(34,35)36)4-5-20(19)42(17)22(43)6-7-23(44)45)41(24(37)39-40(2)38)13-14-8-15(25(28,29)30)10-16(9-14)26(31,32)33/h4-5,8-10,12,17,21H,3,6-7,11,13,38H2,1-2H3,(H2,37,39)(H,44,45)/t17-,21+/m1/s1. The summed E-state index contributed by atoms with van der Waals surface area (Å²) in [6.45, 7) is 0.872. The van der Waals surface area contributed by atoms with Crippen molar-refractivity contribution in [3.05, 3.63) is 58.7 Å². The molecule has 0 fully saturated rings. The van der Waals surface area contributed by atoms with Crippen LogP contribution in [0.15, 0.2) is 41.5 Å². The molecule has 0 bridgehead atoms. The largest absolute Gasteiger partial charge is 0.573 e. The van der Waals surface area contributed by atoms with Gasteiger partial charge in [0, 0.05) is 37.3 Å². The van der Waals surface area contributed by atoms with Gasteiger partial charge in [-0.05, 0) is 54.8 Å². The number of hydrogen-bond acceptors (Lipinski definition) is 6. The molecule has 3 rings (SSSR count). The molecule has 0 aromatic heterocycles. The highest BCUT2D eigenvalue weighted by atomic mass is 19.4. The number of rotatable bonds is 9. The van der Waals surface area contributed by atoms with Gasteiger partial charge in [0.1, 0.15) is 5.75 Å². The summed E-state index contributed by atoms with van der Waals surface area (Å²) in [4.78, 5) is 26.6. The van der Waals surface area contributed by atoms with E-state index >= 15 is 0 Å². The molecular formula is C27H29F9N6O4. The Kier molecular flexibility index (Phi) is 10.6. The van der Waals surface area contributed by atoms with Crippen molar-refractivity contribution in [3.63, 3.8) is 0 Å². The molecule has 19 heteroatoms. The Morgan fingerprint density at radius 1 is 1.00 bits per heavy atom. The first-order valence-electron chi connectivity index (χ1n) is 13.4. The molecule has 10 nitrogen and oxygen atoms in total. The minimum atomic E-state index is -5.18. The number of carboxylic acid groups (broad SMARTS) is 1. The van der Waals surface area contributed by atoms with Gasteiger partial charge >= 0.3 is 24.7 Å². The molecule has 0 spiro atoms. The zero-order chi connectivity index (χ0) is 34.8. The smallest absolute Gasteiger partial charge is 0.481 e. The van der Waals surface area contributed by atoms with E-state index in [4.69, 9.17) is 16.7 Å². The molecule has 5 N–H and O–H groups in total. The number of alkyl halides is 9. The first kappa shape index (κ1) is 36.1. The number of guanidine groups is 1. The number of benzene rings is 2. The van der Waals surface area contributed by atoms with Crippen LogP contribution in [-0.4, -0.2) is 52.4 Å². The lowest BCUT2D eigenvalue weighted by Crippen LogP contribution is -2.50. The first-order chi connectivity index (χ1) is 21.1. The van der Waals surface area contributed by atoms with Crippen molar-refractivity contribution in [2.45, 2.75) is 70.0 Å². The summed E-state index contributed by atoms with van der Waals surface area (Å²) in [5.41, 5.74) is 2.30. The van der Waals surface area contributed by atoms with Gasteiger partial charge in [-0.25, -0.2) is 11.0 Å². The number of hydrazone groups is 1. The number of aliphatic carboxylic acids is 1. The van der Waals surface area contributed by atoms with E-state index in [2.05, 4.69) is 9.84 Å². The van der Waals surface area contributed by atoms with Crippen LogP contribution in [0.3, 0.4) is 0 Å². The number of fused-ring (bicyclic) bond motifs is 1. The second kappa shape index (κ2) is 13.5. The first-order valence-corrected chi connectivity index (χ1v) is 13.4. The number of carbonyl (C=O) groups is 2. The maximum Gasteiger partial charge on any atom is 0.573 e. The van der Waals surface area contributed by atoms with Gasteiger partial charge in [-0.1, -0.05) is 6.92 Å². The number of carbonyl (C=O) groups excluding carboxylic acids is 1. The summed E-state index contributed by atoms with van der Waals surface area (Å²) in [5.74, 6) is 2.31. The van der Waals surface area contributed by atoms with Crippen molar-refractivity contribution < 1.29 is 58.9 Å². The fourth-order valence-electron chi connectivity index (χ4n) is 5.10. The van der Waals surface area contributed by atoms with Crippen LogP contribution in [-0.2, 0) is 28.5 Å². The molecule has 1 amide bonds. The maximum atomic E-state index is 13.6. The quantitative estimate of drug-likeness (QED) is 0.103. The molecule has 2 aromatic rings. The van der Waals surface area contributed by atoms with Crippen molar-refractivity contribution in [1.82, 2.24) is 10.0 Å². The summed E-state index contributed by atoms with van der Waals surface area (Å²) < 4.78 is 125. The average molecular weight is 673 g/mol. The summed E-state index contributed by atoms with van der Waals surface area (Å²) in [7, 11) is 1.21. The van der Waals surface area contributed by atoms with Crippen LogP contribution < -0.4 is 21.2 Å². The summed E-state index contributed by atoms with van der Waals surface area (Å²) in [5, 5.41) is 13.6. The van der Waals surface area contributed by atoms with E-state index in [9.17, 15) is 49.1 Å². The van der Waals surface area contributed by atoms with Gasteiger partial charge in [0.25, 0.3) is 0 Å². The Morgan fingerprint density at radius 3 is 2.07 bits per heavy atom. The molecular weight excluding hydrogens is 643 g/mol. The van der Waals surface area contributed by atoms with Crippen molar-refractivity contribution >= 4 is 23.5 Å². The number of carboxylic acids is 1. The SMILES string of the molecule is CC[C@@H]1C[C@H](N(Cc2cc(C(F)(F)F)cc(C(F)(F)F)c2)/C(N)=N/N(C)N)c2cc(OC(F)(F)F)ccc2N1C(=O)CCC(=O)O. The number of amides is 1. The van der Waals surface area contributed by atoms with Gasteiger partial charge < -0.3 is 25.4 Å². The maximum absolute atomic E-state index is 13.6. The number of anilines is 1. The Balaban J connectivity index is 2.27. The van der Waals surface area contributed by atoms with Crippen molar-refractivity contribution in [1.29, 1.82) is 0 Å². The molecule has 1 aliphatic heterocycles.